The van der Waals surface area contributed by atoms with Gasteiger partial charge in [-0.2, -0.15) is 5.10 Å². The van der Waals surface area contributed by atoms with Gasteiger partial charge in [-0.25, -0.2) is 9.48 Å². The van der Waals surface area contributed by atoms with E-state index in [0.717, 1.165) is 0 Å². The van der Waals surface area contributed by atoms with Gasteiger partial charge in [0.05, 0.1) is 11.9 Å². The highest BCUT2D eigenvalue weighted by Crippen LogP contribution is 2.18. The quantitative estimate of drug-likeness (QED) is 0.464. The van der Waals surface area contributed by atoms with Gasteiger partial charge in [-0.15, -0.1) is 0 Å². The van der Waals surface area contributed by atoms with Crippen LogP contribution in [0.5, 0.6) is 5.75 Å². The van der Waals surface area contributed by atoms with E-state index in [2.05, 4.69) is 21.3 Å². The zero-order valence-corrected chi connectivity index (χ0v) is 17.7. The maximum absolute atomic E-state index is 12.3. The largest absolute Gasteiger partial charge is 0.504 e. The number of nitrogens with zero attached hydrogens (tertiary/aromatic N) is 2. The Balaban J connectivity index is 1.57. The number of para-hydroxylation sites is 1. The number of anilines is 1. The highest BCUT2D eigenvalue weighted by molar-refractivity contribution is 5.99. The monoisotopic (exact) mass is 437 g/mol. The van der Waals surface area contributed by atoms with Crippen LogP contribution >= 0.6 is 0 Å². The Bertz CT molecular complexity index is 1120. The van der Waals surface area contributed by atoms with Gasteiger partial charge in [0.25, 0.3) is 11.8 Å². The fraction of sp³-hybridized carbons (Fsp3) is 0.182. The van der Waals surface area contributed by atoms with Crippen molar-refractivity contribution in [1.82, 2.24) is 20.6 Å². The Morgan fingerprint density at radius 1 is 0.938 bits per heavy atom. The van der Waals surface area contributed by atoms with E-state index in [0.29, 0.717) is 11.4 Å². The molecule has 2 aromatic carbocycles. The molecule has 0 saturated carbocycles. The molecule has 4 N–H and O–H groups in total. The molecule has 0 unspecified atom stereocenters. The molecule has 0 aliphatic heterocycles. The van der Waals surface area contributed by atoms with E-state index >= 15 is 0 Å². The average molecular weight is 437 g/mol. The second-order valence-corrected chi connectivity index (χ2v) is 7.76. The number of hydrogen-bond donors (Lipinski definition) is 4. The van der Waals surface area contributed by atoms with Crippen molar-refractivity contribution < 1.29 is 24.2 Å². The van der Waals surface area contributed by atoms with Crippen LogP contribution in [0.15, 0.2) is 60.8 Å². The molecule has 10 heteroatoms. The van der Waals surface area contributed by atoms with Crippen LogP contribution in [0.2, 0.25) is 0 Å². The highest BCUT2D eigenvalue weighted by Gasteiger charge is 2.19. The normalized spacial score (nSPS) is 10.8. The van der Waals surface area contributed by atoms with E-state index < -0.39 is 23.5 Å². The SMILES string of the molecule is CC(C)(C)OC(=O)Nc1ccc(C(=O)NNC(=O)c2nn(-c3ccccc3)cc2O)cc1. The molecule has 166 valence electrons. The van der Waals surface area contributed by atoms with Crippen molar-refractivity contribution in [2.75, 3.05) is 5.32 Å². The summed E-state index contributed by atoms with van der Waals surface area (Å²) in [6.07, 6.45) is 0.680. The number of ether oxygens (including phenoxy) is 1. The van der Waals surface area contributed by atoms with Crippen LogP contribution in [0.25, 0.3) is 5.69 Å². The third kappa shape index (κ3) is 5.85. The van der Waals surface area contributed by atoms with Crippen molar-refractivity contribution in [2.24, 2.45) is 0 Å². The molecule has 0 radical (unpaired) electrons. The minimum atomic E-state index is -0.784. The number of hydrazine groups is 1. The minimum Gasteiger partial charge on any atom is -0.504 e. The second-order valence-electron chi connectivity index (χ2n) is 7.76. The minimum absolute atomic E-state index is 0.235. The highest BCUT2D eigenvalue weighted by atomic mass is 16.6. The standard InChI is InChI=1S/C22H23N5O5/c1-22(2,3)32-21(31)23-15-11-9-14(10-12-15)19(29)24-25-20(30)18-17(28)13-27(26-18)16-7-5-4-6-8-16/h4-13,28H,1-3H3,(H,23,31)(H,24,29)(H,25,30). The molecule has 10 nitrogen and oxygen atoms in total. The van der Waals surface area contributed by atoms with Crippen LogP contribution in [0.4, 0.5) is 10.5 Å². The molecule has 0 saturated heterocycles. The zero-order valence-electron chi connectivity index (χ0n) is 17.7. The van der Waals surface area contributed by atoms with Crippen molar-refractivity contribution in [3.63, 3.8) is 0 Å². The predicted octanol–water partition coefficient (Wildman–Crippen LogP) is 3.00. The van der Waals surface area contributed by atoms with Crippen LogP contribution in [-0.4, -0.2) is 38.4 Å². The predicted molar refractivity (Wildman–Crippen MR) is 116 cm³/mol. The summed E-state index contributed by atoms with van der Waals surface area (Å²) < 4.78 is 6.51. The Morgan fingerprint density at radius 2 is 1.56 bits per heavy atom. The third-order valence-corrected chi connectivity index (χ3v) is 4.01. The van der Waals surface area contributed by atoms with Crippen molar-refractivity contribution in [3.05, 3.63) is 72.1 Å². The number of rotatable bonds is 4. The number of carbonyl (C=O) groups excluding carboxylic acids is 3. The summed E-state index contributed by atoms with van der Waals surface area (Å²) in [6, 6.07) is 14.9. The number of nitrogens with one attached hydrogen (secondary N) is 3. The maximum atomic E-state index is 12.3. The summed E-state index contributed by atoms with van der Waals surface area (Å²) in [5.74, 6) is -1.71. The molecule has 0 aliphatic rings. The van der Waals surface area contributed by atoms with E-state index in [-0.39, 0.29) is 17.0 Å². The number of benzene rings is 2. The molecule has 0 atom stereocenters. The van der Waals surface area contributed by atoms with E-state index in [1.54, 1.807) is 45.0 Å². The van der Waals surface area contributed by atoms with Crippen LogP contribution < -0.4 is 16.2 Å². The summed E-state index contributed by atoms with van der Waals surface area (Å²) in [6.45, 7) is 5.25. The summed E-state index contributed by atoms with van der Waals surface area (Å²) in [5, 5.41) is 16.6. The molecule has 3 aromatic rings. The Hall–Kier alpha value is -4.34. The Labute approximate surface area is 184 Å². The molecule has 0 bridgehead atoms. The summed E-state index contributed by atoms with van der Waals surface area (Å²) >= 11 is 0. The summed E-state index contributed by atoms with van der Waals surface area (Å²) in [7, 11) is 0. The molecule has 0 fully saturated rings. The van der Waals surface area contributed by atoms with Gasteiger partial charge >= 0.3 is 6.09 Å². The molecule has 0 aliphatic carbocycles. The van der Waals surface area contributed by atoms with Crippen LogP contribution in [0.1, 0.15) is 41.6 Å². The van der Waals surface area contributed by atoms with Crippen LogP contribution in [0, 0.1) is 0 Å². The first-order valence-electron chi connectivity index (χ1n) is 9.67. The average Bonchev–Trinajstić information content (AvgIpc) is 3.13. The van der Waals surface area contributed by atoms with Gasteiger partial charge < -0.3 is 9.84 Å². The summed E-state index contributed by atoms with van der Waals surface area (Å²) in [4.78, 5) is 36.4. The number of hydrogen-bond acceptors (Lipinski definition) is 6. The van der Waals surface area contributed by atoms with Crippen molar-refractivity contribution in [2.45, 2.75) is 26.4 Å². The Morgan fingerprint density at radius 3 is 2.19 bits per heavy atom. The van der Waals surface area contributed by atoms with E-state index in [4.69, 9.17) is 4.74 Å². The van der Waals surface area contributed by atoms with Crippen molar-refractivity contribution in [3.8, 4) is 11.4 Å². The van der Waals surface area contributed by atoms with Crippen LogP contribution in [0.3, 0.4) is 0 Å². The number of amides is 3. The molecule has 0 spiro atoms. The lowest BCUT2D eigenvalue weighted by Crippen LogP contribution is -2.41. The van der Waals surface area contributed by atoms with E-state index in [9.17, 15) is 19.5 Å². The first-order chi connectivity index (χ1) is 15.1. The molecule has 1 aromatic heterocycles. The molecular weight excluding hydrogens is 414 g/mol. The van der Waals surface area contributed by atoms with Gasteiger partial charge in [-0.3, -0.25) is 25.8 Å². The first-order valence-corrected chi connectivity index (χ1v) is 9.67. The molecule has 32 heavy (non-hydrogen) atoms. The van der Waals surface area contributed by atoms with Gasteiger partial charge in [0.1, 0.15) is 5.60 Å². The second kappa shape index (κ2) is 9.21. The topological polar surface area (TPSA) is 135 Å². The number of carbonyl (C=O) groups is 3. The number of aromatic nitrogens is 2. The van der Waals surface area contributed by atoms with Gasteiger partial charge in [0.2, 0.25) is 0 Å². The fourth-order valence-electron chi connectivity index (χ4n) is 2.61. The van der Waals surface area contributed by atoms with E-state index in [1.165, 1.54) is 35.1 Å². The smallest absolute Gasteiger partial charge is 0.412 e. The molecule has 3 amide bonds. The lowest BCUT2D eigenvalue weighted by Gasteiger charge is -2.19. The van der Waals surface area contributed by atoms with Crippen molar-refractivity contribution in [1.29, 1.82) is 0 Å². The molecule has 1 heterocycles. The van der Waals surface area contributed by atoms with Gasteiger partial charge in [0, 0.05) is 11.3 Å². The van der Waals surface area contributed by atoms with Gasteiger partial charge in [0.15, 0.2) is 11.4 Å². The molecule has 3 rings (SSSR count). The maximum Gasteiger partial charge on any atom is 0.412 e. The summed E-state index contributed by atoms with van der Waals surface area (Å²) in [5.41, 5.74) is 4.92. The van der Waals surface area contributed by atoms with Crippen LogP contribution in [-0.2, 0) is 4.74 Å². The first kappa shape index (κ1) is 22.3. The lowest BCUT2D eigenvalue weighted by atomic mass is 10.2. The van der Waals surface area contributed by atoms with Crippen molar-refractivity contribution >= 4 is 23.6 Å². The fourth-order valence-corrected chi connectivity index (χ4v) is 2.61. The van der Waals surface area contributed by atoms with E-state index in [1.807, 2.05) is 6.07 Å². The van der Waals surface area contributed by atoms with Gasteiger partial charge in [-0.05, 0) is 57.2 Å². The zero-order chi connectivity index (χ0) is 23.3. The number of aromatic hydroxyl groups is 1. The third-order valence-electron chi connectivity index (χ3n) is 4.01. The molecular formula is C22H23N5O5. The van der Waals surface area contributed by atoms with Gasteiger partial charge in [-0.1, -0.05) is 18.2 Å². The lowest BCUT2D eigenvalue weighted by molar-refractivity contribution is 0.0635. The Kier molecular flexibility index (Phi) is 6.43.